The highest BCUT2D eigenvalue weighted by Crippen LogP contribution is 2.33. The summed E-state index contributed by atoms with van der Waals surface area (Å²) in [6.45, 7) is 1.85. The fraction of sp³-hybridized carbons (Fsp3) is 0.120. The maximum atomic E-state index is 13.1. The molecule has 0 fully saturated rings. The van der Waals surface area contributed by atoms with E-state index < -0.39 is 5.97 Å². The van der Waals surface area contributed by atoms with Crippen LogP contribution in [0.3, 0.4) is 0 Å². The van der Waals surface area contributed by atoms with Crippen LogP contribution in [0.2, 0.25) is 0 Å². The molecule has 7 nitrogen and oxygen atoms in total. The van der Waals surface area contributed by atoms with E-state index in [1.807, 2.05) is 12.1 Å². The van der Waals surface area contributed by atoms with Crippen LogP contribution in [0.15, 0.2) is 69.9 Å². The lowest BCUT2D eigenvalue weighted by Crippen LogP contribution is -2.10. The molecule has 1 aromatic heterocycles. The highest BCUT2D eigenvalue weighted by molar-refractivity contribution is 5.92. The van der Waals surface area contributed by atoms with E-state index in [0.717, 1.165) is 5.56 Å². The molecule has 0 saturated heterocycles. The molecule has 0 spiro atoms. The molecule has 7 heteroatoms. The molecule has 5 rings (SSSR count). The van der Waals surface area contributed by atoms with E-state index in [9.17, 15) is 9.59 Å². The van der Waals surface area contributed by atoms with Gasteiger partial charge in [-0.15, -0.1) is 0 Å². The highest BCUT2D eigenvalue weighted by Gasteiger charge is 2.19. The number of carbonyl (C=O) groups is 1. The smallest absolute Gasteiger partial charge is 0.343 e. The number of esters is 1. The van der Waals surface area contributed by atoms with Gasteiger partial charge in [-0.1, -0.05) is 12.1 Å². The van der Waals surface area contributed by atoms with Crippen molar-refractivity contribution >= 4 is 16.9 Å². The van der Waals surface area contributed by atoms with Gasteiger partial charge in [-0.3, -0.25) is 4.79 Å². The first-order valence-corrected chi connectivity index (χ1v) is 9.87. The quantitative estimate of drug-likeness (QED) is 0.342. The monoisotopic (exact) mass is 430 g/mol. The van der Waals surface area contributed by atoms with Crippen LogP contribution in [0, 0.1) is 6.92 Å². The number of aryl methyl sites for hydroxylation is 1. The van der Waals surface area contributed by atoms with Gasteiger partial charge < -0.3 is 23.4 Å². The molecule has 3 aromatic carbocycles. The molecule has 4 aromatic rings. The Morgan fingerprint density at radius 1 is 0.906 bits per heavy atom. The van der Waals surface area contributed by atoms with Gasteiger partial charge >= 0.3 is 5.97 Å². The number of hydrogen-bond donors (Lipinski definition) is 0. The van der Waals surface area contributed by atoms with Crippen LogP contribution in [-0.2, 0) is 0 Å². The van der Waals surface area contributed by atoms with Gasteiger partial charge in [0.15, 0.2) is 11.5 Å². The molecular formula is C25H18O7. The van der Waals surface area contributed by atoms with E-state index >= 15 is 0 Å². The number of carbonyl (C=O) groups excluding carboxylic acids is 1. The largest absolute Gasteiger partial charge is 0.497 e. The fourth-order valence-corrected chi connectivity index (χ4v) is 3.63. The number of methoxy groups -OCH3 is 1. The zero-order chi connectivity index (χ0) is 22.2. The molecule has 1 aliphatic heterocycles. The Kier molecular flexibility index (Phi) is 4.78. The van der Waals surface area contributed by atoms with E-state index in [1.165, 1.54) is 6.07 Å². The summed E-state index contributed by atoms with van der Waals surface area (Å²) in [6, 6.07) is 16.7. The standard InChI is InChI=1S/C25H18O7/c1-14-23(15-3-6-17(28-2)7-4-15)24(26)19-9-8-18(12-21(19)31-14)32-25(27)16-5-10-20-22(11-16)30-13-29-20/h3-12H,13H2,1-2H3. The van der Waals surface area contributed by atoms with Crippen LogP contribution < -0.4 is 24.4 Å². The molecule has 0 bridgehead atoms. The number of fused-ring (bicyclic) bond motifs is 2. The van der Waals surface area contributed by atoms with Gasteiger partial charge in [0.05, 0.1) is 23.6 Å². The van der Waals surface area contributed by atoms with Gasteiger partial charge in [-0.2, -0.15) is 0 Å². The van der Waals surface area contributed by atoms with Gasteiger partial charge in [0.1, 0.15) is 22.8 Å². The molecule has 0 N–H and O–H groups in total. The SMILES string of the molecule is COc1ccc(-c2c(C)oc3cc(OC(=O)c4ccc5c(c4)OCO5)ccc3c2=O)cc1. The molecule has 2 heterocycles. The Balaban J connectivity index is 1.46. The van der Waals surface area contributed by atoms with Crippen molar-refractivity contribution in [3.63, 3.8) is 0 Å². The topological polar surface area (TPSA) is 84.2 Å². The van der Waals surface area contributed by atoms with Crippen LogP contribution in [0.5, 0.6) is 23.0 Å². The summed E-state index contributed by atoms with van der Waals surface area (Å²) >= 11 is 0. The summed E-state index contributed by atoms with van der Waals surface area (Å²) in [4.78, 5) is 25.7. The first-order chi connectivity index (χ1) is 15.5. The minimum Gasteiger partial charge on any atom is -0.497 e. The van der Waals surface area contributed by atoms with Crippen LogP contribution in [0.25, 0.3) is 22.1 Å². The zero-order valence-corrected chi connectivity index (χ0v) is 17.3. The van der Waals surface area contributed by atoms with Gasteiger partial charge in [0.2, 0.25) is 12.2 Å². The predicted molar refractivity (Wildman–Crippen MR) is 117 cm³/mol. The van der Waals surface area contributed by atoms with Crippen LogP contribution >= 0.6 is 0 Å². The van der Waals surface area contributed by atoms with Crippen molar-refractivity contribution in [2.45, 2.75) is 6.92 Å². The van der Waals surface area contributed by atoms with Gasteiger partial charge in [0, 0.05) is 6.07 Å². The third kappa shape index (κ3) is 3.43. The molecule has 0 amide bonds. The molecule has 0 radical (unpaired) electrons. The van der Waals surface area contributed by atoms with Crippen LogP contribution in [0.1, 0.15) is 16.1 Å². The summed E-state index contributed by atoms with van der Waals surface area (Å²) in [7, 11) is 1.58. The normalized spacial score (nSPS) is 12.1. The second-order valence-electron chi connectivity index (χ2n) is 7.21. The number of ether oxygens (including phenoxy) is 4. The zero-order valence-electron chi connectivity index (χ0n) is 17.3. The Labute approximate surface area is 182 Å². The van der Waals surface area contributed by atoms with Crippen molar-refractivity contribution in [1.82, 2.24) is 0 Å². The average Bonchev–Trinajstić information content (AvgIpc) is 3.27. The Morgan fingerprint density at radius 2 is 1.66 bits per heavy atom. The third-order valence-corrected chi connectivity index (χ3v) is 5.24. The second-order valence-corrected chi connectivity index (χ2v) is 7.21. The third-order valence-electron chi connectivity index (χ3n) is 5.24. The lowest BCUT2D eigenvalue weighted by Gasteiger charge is -2.09. The molecule has 0 aliphatic carbocycles. The fourth-order valence-electron chi connectivity index (χ4n) is 3.63. The average molecular weight is 430 g/mol. The summed E-state index contributed by atoms with van der Waals surface area (Å²) in [6.07, 6.45) is 0. The van der Waals surface area contributed by atoms with Crippen LogP contribution in [0.4, 0.5) is 0 Å². The van der Waals surface area contributed by atoms with E-state index in [-0.39, 0.29) is 18.0 Å². The summed E-state index contributed by atoms with van der Waals surface area (Å²) < 4.78 is 27.1. The molecule has 0 saturated carbocycles. The maximum Gasteiger partial charge on any atom is 0.343 e. The Morgan fingerprint density at radius 3 is 2.44 bits per heavy atom. The molecule has 160 valence electrons. The summed E-state index contributed by atoms with van der Waals surface area (Å²) in [5.41, 5.74) is 1.70. The lowest BCUT2D eigenvalue weighted by atomic mass is 10.0. The molecular weight excluding hydrogens is 412 g/mol. The Bertz CT molecular complexity index is 1400. The summed E-state index contributed by atoms with van der Waals surface area (Å²) in [5.74, 6) is 1.94. The van der Waals surface area contributed by atoms with Crippen molar-refractivity contribution in [3.05, 3.63) is 82.2 Å². The summed E-state index contributed by atoms with van der Waals surface area (Å²) in [5, 5.41) is 0.393. The van der Waals surface area contributed by atoms with Crippen molar-refractivity contribution in [2.24, 2.45) is 0 Å². The van der Waals surface area contributed by atoms with Gasteiger partial charge in [-0.05, 0) is 55.0 Å². The van der Waals surface area contributed by atoms with E-state index in [2.05, 4.69) is 0 Å². The van der Waals surface area contributed by atoms with Gasteiger partial charge in [0.25, 0.3) is 0 Å². The molecule has 32 heavy (non-hydrogen) atoms. The minimum atomic E-state index is -0.559. The van der Waals surface area contributed by atoms with Crippen molar-refractivity contribution in [1.29, 1.82) is 0 Å². The minimum absolute atomic E-state index is 0.120. The van der Waals surface area contributed by atoms with Crippen LogP contribution in [-0.4, -0.2) is 19.9 Å². The predicted octanol–water partition coefficient (Wildman–Crippen LogP) is 4.72. The van der Waals surface area contributed by atoms with Crippen molar-refractivity contribution < 1.29 is 28.2 Å². The molecule has 1 aliphatic rings. The van der Waals surface area contributed by atoms with Crippen molar-refractivity contribution in [2.75, 3.05) is 13.9 Å². The molecule has 0 atom stereocenters. The second kappa shape index (κ2) is 7.77. The molecule has 0 unspecified atom stereocenters. The van der Waals surface area contributed by atoms with Crippen molar-refractivity contribution in [3.8, 4) is 34.1 Å². The number of benzene rings is 3. The maximum absolute atomic E-state index is 13.1. The van der Waals surface area contributed by atoms with E-state index in [1.54, 1.807) is 56.5 Å². The Hall–Kier alpha value is -4.26. The highest BCUT2D eigenvalue weighted by atomic mass is 16.7. The van der Waals surface area contributed by atoms with E-state index in [4.69, 9.17) is 23.4 Å². The number of hydrogen-bond acceptors (Lipinski definition) is 7. The van der Waals surface area contributed by atoms with Gasteiger partial charge in [-0.25, -0.2) is 4.79 Å². The van der Waals surface area contributed by atoms with E-state index in [0.29, 0.717) is 45.1 Å². The number of rotatable bonds is 4. The lowest BCUT2D eigenvalue weighted by molar-refractivity contribution is 0.0734. The first kappa shape index (κ1) is 19.7. The first-order valence-electron chi connectivity index (χ1n) is 9.87.